The molecule has 23 heavy (non-hydrogen) atoms. The van der Waals surface area contributed by atoms with Crippen molar-refractivity contribution >= 4 is 5.70 Å². The van der Waals surface area contributed by atoms with Gasteiger partial charge in [-0.15, -0.1) is 0 Å². The number of aromatic nitrogens is 2. The number of pyridine rings is 2. The van der Waals surface area contributed by atoms with E-state index in [0.717, 1.165) is 22.3 Å². The third kappa shape index (κ3) is 3.62. The number of hydrogen-bond acceptors (Lipinski definition) is 4. The second kappa shape index (κ2) is 6.85. The van der Waals surface area contributed by atoms with E-state index in [1.807, 2.05) is 42.5 Å². The van der Waals surface area contributed by atoms with Gasteiger partial charge < -0.3 is 11.5 Å². The zero-order valence-corrected chi connectivity index (χ0v) is 12.6. The van der Waals surface area contributed by atoms with E-state index >= 15 is 0 Å². The fraction of sp³-hybridized carbons (Fsp3) is 0.0526. The summed E-state index contributed by atoms with van der Waals surface area (Å²) in [6.45, 7) is 0. The molecule has 0 aliphatic rings. The number of benzene rings is 1. The molecule has 0 radical (unpaired) electrons. The average Bonchev–Trinajstić information content (AvgIpc) is 2.63. The fourth-order valence-corrected chi connectivity index (χ4v) is 2.37. The topological polar surface area (TPSA) is 77.8 Å². The molecule has 4 nitrogen and oxygen atoms in total. The lowest BCUT2D eigenvalue weighted by Crippen LogP contribution is -2.10. The highest BCUT2D eigenvalue weighted by molar-refractivity contribution is 5.65. The minimum absolute atomic E-state index is 0.255. The van der Waals surface area contributed by atoms with Crippen LogP contribution < -0.4 is 11.5 Å². The van der Waals surface area contributed by atoms with Gasteiger partial charge in [0.15, 0.2) is 0 Å². The van der Waals surface area contributed by atoms with Crippen LogP contribution in [0.25, 0.3) is 16.8 Å². The summed E-state index contributed by atoms with van der Waals surface area (Å²) < 4.78 is 0. The summed E-state index contributed by atoms with van der Waals surface area (Å²) in [6.07, 6.45) is 8.85. The zero-order valence-electron chi connectivity index (χ0n) is 12.6. The van der Waals surface area contributed by atoms with Gasteiger partial charge in [0.25, 0.3) is 0 Å². The molecule has 0 aliphatic heterocycles. The van der Waals surface area contributed by atoms with Gasteiger partial charge in [0, 0.05) is 36.0 Å². The maximum atomic E-state index is 6.24. The fourth-order valence-electron chi connectivity index (χ4n) is 2.37. The first kappa shape index (κ1) is 14.9. The van der Waals surface area contributed by atoms with Crippen LogP contribution in [0.15, 0.2) is 79.4 Å². The van der Waals surface area contributed by atoms with E-state index in [0.29, 0.717) is 5.70 Å². The molecule has 1 unspecified atom stereocenters. The summed E-state index contributed by atoms with van der Waals surface area (Å²) in [7, 11) is 0. The first-order chi connectivity index (χ1) is 11.2. The second-order valence-corrected chi connectivity index (χ2v) is 5.24. The maximum absolute atomic E-state index is 6.24. The van der Waals surface area contributed by atoms with Crippen molar-refractivity contribution in [2.24, 2.45) is 11.5 Å². The monoisotopic (exact) mass is 302 g/mol. The summed E-state index contributed by atoms with van der Waals surface area (Å²) in [5.74, 6) is 0. The Morgan fingerprint density at radius 1 is 0.783 bits per heavy atom. The largest absolute Gasteiger partial charge is 0.398 e. The number of hydrogen-bond donors (Lipinski definition) is 2. The summed E-state index contributed by atoms with van der Waals surface area (Å²) in [4.78, 5) is 8.02. The van der Waals surface area contributed by atoms with E-state index in [4.69, 9.17) is 11.5 Å². The maximum Gasteiger partial charge on any atom is 0.0504 e. The van der Waals surface area contributed by atoms with Gasteiger partial charge in [-0.05, 0) is 47.0 Å². The minimum Gasteiger partial charge on any atom is -0.398 e. The lowest BCUT2D eigenvalue weighted by atomic mass is 10.0. The first-order valence-corrected chi connectivity index (χ1v) is 7.37. The van der Waals surface area contributed by atoms with E-state index in [1.165, 1.54) is 0 Å². The van der Waals surface area contributed by atoms with E-state index in [-0.39, 0.29) is 6.04 Å². The Hall–Kier alpha value is -2.98. The number of nitrogens with two attached hydrogens (primary N) is 2. The molecule has 0 saturated heterocycles. The van der Waals surface area contributed by atoms with Crippen molar-refractivity contribution in [3.05, 3.63) is 90.5 Å². The molecule has 0 fully saturated rings. The van der Waals surface area contributed by atoms with Crippen molar-refractivity contribution in [2.45, 2.75) is 6.04 Å². The first-order valence-electron chi connectivity index (χ1n) is 7.37. The van der Waals surface area contributed by atoms with Crippen LogP contribution in [0.4, 0.5) is 0 Å². The lowest BCUT2D eigenvalue weighted by molar-refractivity contribution is 0.911. The van der Waals surface area contributed by atoms with Crippen LogP contribution in [-0.2, 0) is 0 Å². The molecular formula is C19H18N4. The Morgan fingerprint density at radius 2 is 1.30 bits per heavy atom. The van der Waals surface area contributed by atoms with Crippen LogP contribution in [0.3, 0.4) is 0 Å². The van der Waals surface area contributed by atoms with Crippen LogP contribution in [0, 0.1) is 0 Å². The molecule has 1 atom stereocenters. The van der Waals surface area contributed by atoms with Gasteiger partial charge in [0.2, 0.25) is 0 Å². The van der Waals surface area contributed by atoms with Crippen molar-refractivity contribution in [3.8, 4) is 11.1 Å². The Labute approximate surface area is 135 Å². The molecule has 0 spiro atoms. The van der Waals surface area contributed by atoms with Crippen molar-refractivity contribution in [2.75, 3.05) is 0 Å². The molecule has 0 bridgehead atoms. The molecule has 3 rings (SSSR count). The van der Waals surface area contributed by atoms with E-state index in [1.54, 1.807) is 24.8 Å². The van der Waals surface area contributed by atoms with Crippen LogP contribution in [-0.4, -0.2) is 9.97 Å². The predicted molar refractivity (Wildman–Crippen MR) is 93.0 cm³/mol. The minimum atomic E-state index is -0.255. The Bertz CT molecular complexity index is 781. The molecule has 114 valence electrons. The summed E-state index contributed by atoms with van der Waals surface area (Å²) in [5, 5.41) is 0. The number of nitrogens with zero attached hydrogens (tertiary/aromatic N) is 2. The van der Waals surface area contributed by atoms with Crippen LogP contribution in [0.1, 0.15) is 17.2 Å². The molecule has 2 heterocycles. The highest BCUT2D eigenvalue weighted by Crippen LogP contribution is 2.22. The van der Waals surface area contributed by atoms with Crippen molar-refractivity contribution < 1.29 is 0 Å². The van der Waals surface area contributed by atoms with Crippen molar-refractivity contribution in [1.82, 2.24) is 9.97 Å². The molecule has 0 saturated carbocycles. The van der Waals surface area contributed by atoms with Gasteiger partial charge in [0.05, 0.1) is 6.04 Å². The van der Waals surface area contributed by atoms with Gasteiger partial charge in [0.1, 0.15) is 0 Å². The van der Waals surface area contributed by atoms with Gasteiger partial charge in [-0.2, -0.15) is 0 Å². The Morgan fingerprint density at radius 3 is 1.91 bits per heavy atom. The highest BCUT2D eigenvalue weighted by atomic mass is 14.7. The smallest absolute Gasteiger partial charge is 0.0504 e. The summed E-state index contributed by atoms with van der Waals surface area (Å²) in [6, 6.07) is 15.6. The van der Waals surface area contributed by atoms with E-state index in [9.17, 15) is 0 Å². The molecule has 3 aromatic rings. The SMILES string of the molecule is N/C(=C\C(N)c1ccc(-c2ccncc2)cc1)c1ccncc1. The molecule has 4 heteroatoms. The highest BCUT2D eigenvalue weighted by Gasteiger charge is 2.06. The van der Waals surface area contributed by atoms with Gasteiger partial charge >= 0.3 is 0 Å². The zero-order chi connectivity index (χ0) is 16.1. The molecule has 0 aliphatic carbocycles. The standard InChI is InChI=1S/C19H18N4/c20-18(13-19(21)17-7-11-23-12-8-17)16-3-1-14(2-4-16)15-5-9-22-10-6-15/h1-13,18H,20-21H2/b19-13-. The van der Waals surface area contributed by atoms with Gasteiger partial charge in [-0.25, -0.2) is 0 Å². The van der Waals surface area contributed by atoms with Crippen LogP contribution >= 0.6 is 0 Å². The predicted octanol–water partition coefficient (Wildman–Crippen LogP) is 3.14. The Kier molecular flexibility index (Phi) is 4.45. The van der Waals surface area contributed by atoms with Crippen molar-refractivity contribution in [3.63, 3.8) is 0 Å². The van der Waals surface area contributed by atoms with Gasteiger partial charge in [-0.3, -0.25) is 9.97 Å². The third-order valence-corrected chi connectivity index (χ3v) is 3.68. The summed E-state index contributed by atoms with van der Waals surface area (Å²) >= 11 is 0. The Balaban J connectivity index is 1.79. The molecule has 0 amide bonds. The molecule has 4 N–H and O–H groups in total. The number of rotatable bonds is 4. The second-order valence-electron chi connectivity index (χ2n) is 5.24. The lowest BCUT2D eigenvalue weighted by Gasteiger charge is -2.10. The van der Waals surface area contributed by atoms with Gasteiger partial charge in [-0.1, -0.05) is 24.3 Å². The quantitative estimate of drug-likeness (QED) is 0.776. The van der Waals surface area contributed by atoms with E-state index in [2.05, 4.69) is 22.1 Å². The van der Waals surface area contributed by atoms with Crippen molar-refractivity contribution in [1.29, 1.82) is 0 Å². The molecule has 1 aromatic carbocycles. The van der Waals surface area contributed by atoms with Crippen LogP contribution in [0.5, 0.6) is 0 Å². The summed E-state index contributed by atoms with van der Waals surface area (Å²) in [5.41, 5.74) is 17.2. The van der Waals surface area contributed by atoms with E-state index < -0.39 is 0 Å². The van der Waals surface area contributed by atoms with Crippen LogP contribution in [0.2, 0.25) is 0 Å². The molecular weight excluding hydrogens is 284 g/mol. The third-order valence-electron chi connectivity index (χ3n) is 3.68. The average molecular weight is 302 g/mol. The molecule has 2 aromatic heterocycles. The normalized spacial score (nSPS) is 12.8.